The molecule has 3 aromatic rings. The fourth-order valence-corrected chi connectivity index (χ4v) is 3.95. The van der Waals surface area contributed by atoms with Gasteiger partial charge in [0.05, 0.1) is 18.1 Å². The average Bonchev–Trinajstić information content (AvgIpc) is 2.74. The first kappa shape index (κ1) is 20.0. The number of phenolic OH excluding ortho intramolecular Hbond substituents is 1. The van der Waals surface area contributed by atoms with Gasteiger partial charge in [-0.2, -0.15) is 0 Å². The van der Waals surface area contributed by atoms with Gasteiger partial charge in [-0.3, -0.25) is 4.79 Å². The summed E-state index contributed by atoms with van der Waals surface area (Å²) in [5.41, 5.74) is 2.15. The van der Waals surface area contributed by atoms with Crippen LogP contribution < -0.4 is 0 Å². The predicted molar refractivity (Wildman–Crippen MR) is 108 cm³/mol. The first-order valence-corrected chi connectivity index (χ1v) is 9.72. The van der Waals surface area contributed by atoms with Crippen molar-refractivity contribution in [3.8, 4) is 5.75 Å². The lowest BCUT2D eigenvalue weighted by Crippen LogP contribution is -2.53. The van der Waals surface area contributed by atoms with E-state index in [-0.39, 0.29) is 29.3 Å². The molecule has 0 unspecified atom stereocenters. The highest BCUT2D eigenvalue weighted by atomic mass is 19.1. The number of amides is 1. The van der Waals surface area contributed by atoms with Crippen LogP contribution in [0, 0.1) is 11.6 Å². The third-order valence-electron chi connectivity index (χ3n) is 5.56. The molecule has 0 bridgehead atoms. The summed E-state index contributed by atoms with van der Waals surface area (Å²) in [5.74, 6) is -1.19. The Bertz CT molecular complexity index is 1020. The Balaban J connectivity index is 1.55. The molecule has 0 aliphatic carbocycles. The summed E-state index contributed by atoms with van der Waals surface area (Å²) in [4.78, 5) is 14.6. The standard InChI is InChI=1S/C24H21F2NO3/c25-18-7-1-15(2-8-18)21(29)13-14-27-23(17-5-11-20(28)12-6-17)22(24(27)30)16-3-9-19(26)10-4-16/h1-12,21-23,28-29H,13-14H2/t21-,22+,23+/m0/s1. The van der Waals surface area contributed by atoms with Crippen molar-refractivity contribution >= 4 is 5.91 Å². The maximum absolute atomic E-state index is 13.3. The summed E-state index contributed by atoms with van der Waals surface area (Å²) in [6.45, 7) is 0.306. The number of aliphatic hydroxyl groups excluding tert-OH is 1. The van der Waals surface area contributed by atoms with Crippen molar-refractivity contribution in [1.29, 1.82) is 0 Å². The zero-order chi connectivity index (χ0) is 21.3. The van der Waals surface area contributed by atoms with Crippen LogP contribution in [0.15, 0.2) is 72.8 Å². The minimum atomic E-state index is -0.830. The van der Waals surface area contributed by atoms with Gasteiger partial charge in [0.2, 0.25) is 5.91 Å². The zero-order valence-corrected chi connectivity index (χ0v) is 16.1. The van der Waals surface area contributed by atoms with E-state index in [0.717, 1.165) is 11.1 Å². The Morgan fingerprint density at radius 2 is 1.37 bits per heavy atom. The molecule has 2 N–H and O–H groups in total. The molecule has 0 aromatic heterocycles. The van der Waals surface area contributed by atoms with E-state index in [2.05, 4.69) is 0 Å². The molecule has 1 saturated heterocycles. The summed E-state index contributed by atoms with van der Waals surface area (Å²) >= 11 is 0. The van der Waals surface area contributed by atoms with Gasteiger partial charge in [0.1, 0.15) is 17.4 Å². The summed E-state index contributed by atoms with van der Waals surface area (Å²) in [6.07, 6.45) is -0.536. The lowest BCUT2D eigenvalue weighted by atomic mass is 9.77. The molecule has 4 nitrogen and oxygen atoms in total. The van der Waals surface area contributed by atoms with Gasteiger partial charge in [0.15, 0.2) is 0 Å². The van der Waals surface area contributed by atoms with Gasteiger partial charge in [0.25, 0.3) is 0 Å². The number of benzene rings is 3. The van der Waals surface area contributed by atoms with Crippen molar-refractivity contribution in [3.05, 3.63) is 101 Å². The van der Waals surface area contributed by atoms with Crippen LogP contribution in [-0.4, -0.2) is 27.6 Å². The van der Waals surface area contributed by atoms with Gasteiger partial charge in [-0.15, -0.1) is 0 Å². The normalized spacial score (nSPS) is 19.4. The molecule has 1 amide bonds. The van der Waals surface area contributed by atoms with Gasteiger partial charge in [-0.25, -0.2) is 8.78 Å². The monoisotopic (exact) mass is 409 g/mol. The lowest BCUT2D eigenvalue weighted by molar-refractivity contribution is -0.151. The van der Waals surface area contributed by atoms with E-state index in [4.69, 9.17) is 0 Å². The van der Waals surface area contributed by atoms with Crippen LogP contribution in [0.5, 0.6) is 5.75 Å². The number of phenols is 1. The molecule has 3 aromatic carbocycles. The molecule has 0 radical (unpaired) electrons. The van der Waals surface area contributed by atoms with E-state index in [1.807, 2.05) is 0 Å². The first-order chi connectivity index (χ1) is 14.4. The van der Waals surface area contributed by atoms with E-state index >= 15 is 0 Å². The number of carbonyl (C=O) groups is 1. The minimum Gasteiger partial charge on any atom is -0.508 e. The highest BCUT2D eigenvalue weighted by Gasteiger charge is 2.48. The third-order valence-corrected chi connectivity index (χ3v) is 5.56. The number of hydrogen-bond acceptors (Lipinski definition) is 3. The number of aromatic hydroxyl groups is 1. The molecule has 1 aliphatic heterocycles. The van der Waals surface area contributed by atoms with Crippen molar-refractivity contribution < 1.29 is 23.8 Å². The van der Waals surface area contributed by atoms with Crippen LogP contribution >= 0.6 is 0 Å². The Hall–Kier alpha value is -3.25. The summed E-state index contributed by atoms with van der Waals surface area (Å²) in [7, 11) is 0. The smallest absolute Gasteiger partial charge is 0.233 e. The van der Waals surface area contributed by atoms with Crippen LogP contribution in [0.4, 0.5) is 8.78 Å². The molecule has 4 rings (SSSR count). The lowest BCUT2D eigenvalue weighted by Gasteiger charge is -2.48. The molecule has 1 aliphatic rings. The van der Waals surface area contributed by atoms with Crippen LogP contribution in [-0.2, 0) is 4.79 Å². The summed E-state index contributed by atoms with van der Waals surface area (Å²) in [5, 5.41) is 20.0. The van der Waals surface area contributed by atoms with Crippen molar-refractivity contribution in [1.82, 2.24) is 4.90 Å². The molecule has 154 valence electrons. The fourth-order valence-electron chi connectivity index (χ4n) is 3.95. The molecule has 6 heteroatoms. The topological polar surface area (TPSA) is 60.8 Å². The SMILES string of the molecule is O=C1[C@H](c2ccc(F)cc2)[C@@H](c2ccc(O)cc2)N1CC[C@H](O)c1ccc(F)cc1. The number of rotatable bonds is 6. The van der Waals surface area contributed by atoms with Crippen molar-refractivity contribution in [3.63, 3.8) is 0 Å². The quantitative estimate of drug-likeness (QED) is 0.591. The number of β-lactam (4-membered cyclic amide) rings is 1. The van der Waals surface area contributed by atoms with Gasteiger partial charge in [-0.1, -0.05) is 36.4 Å². The summed E-state index contributed by atoms with van der Waals surface area (Å²) < 4.78 is 26.4. The van der Waals surface area contributed by atoms with Crippen LogP contribution in [0.25, 0.3) is 0 Å². The molecule has 0 spiro atoms. The van der Waals surface area contributed by atoms with Crippen LogP contribution in [0.2, 0.25) is 0 Å². The molecule has 30 heavy (non-hydrogen) atoms. The summed E-state index contributed by atoms with van der Waals surface area (Å²) in [6, 6.07) is 17.8. The highest BCUT2D eigenvalue weighted by molar-refractivity contribution is 5.91. The fraction of sp³-hybridized carbons (Fsp3) is 0.208. The first-order valence-electron chi connectivity index (χ1n) is 9.72. The Morgan fingerprint density at radius 1 is 0.833 bits per heavy atom. The van der Waals surface area contributed by atoms with Gasteiger partial charge < -0.3 is 15.1 Å². The average molecular weight is 409 g/mol. The molecule has 0 saturated carbocycles. The second-order valence-corrected chi connectivity index (χ2v) is 7.45. The molecular formula is C24H21F2NO3. The highest BCUT2D eigenvalue weighted by Crippen LogP contribution is 2.47. The molecular weight excluding hydrogens is 388 g/mol. The zero-order valence-electron chi connectivity index (χ0n) is 16.1. The number of carbonyl (C=O) groups excluding carboxylic acids is 1. The second-order valence-electron chi connectivity index (χ2n) is 7.45. The number of halogens is 2. The van der Waals surface area contributed by atoms with Gasteiger partial charge >= 0.3 is 0 Å². The Labute approximate surface area is 173 Å². The maximum Gasteiger partial charge on any atom is 0.233 e. The largest absolute Gasteiger partial charge is 0.508 e. The molecule has 1 heterocycles. The molecule has 3 atom stereocenters. The van der Waals surface area contributed by atoms with E-state index in [0.29, 0.717) is 18.5 Å². The van der Waals surface area contributed by atoms with E-state index < -0.39 is 12.0 Å². The van der Waals surface area contributed by atoms with Crippen molar-refractivity contribution in [2.75, 3.05) is 6.54 Å². The maximum atomic E-state index is 13.3. The third kappa shape index (κ3) is 3.91. The van der Waals surface area contributed by atoms with Crippen LogP contribution in [0.1, 0.15) is 41.2 Å². The minimum absolute atomic E-state index is 0.106. The van der Waals surface area contributed by atoms with E-state index in [1.54, 1.807) is 41.3 Å². The number of likely N-dealkylation sites (tertiary alicyclic amines) is 1. The predicted octanol–water partition coefficient (Wildman–Crippen LogP) is 4.46. The van der Waals surface area contributed by atoms with E-state index in [1.165, 1.54) is 36.4 Å². The number of aliphatic hydroxyl groups is 1. The molecule has 1 fully saturated rings. The Morgan fingerprint density at radius 3 is 1.97 bits per heavy atom. The van der Waals surface area contributed by atoms with Gasteiger partial charge in [0, 0.05) is 6.54 Å². The Kier molecular flexibility index (Phi) is 5.50. The van der Waals surface area contributed by atoms with E-state index in [9.17, 15) is 23.8 Å². The van der Waals surface area contributed by atoms with Crippen molar-refractivity contribution in [2.24, 2.45) is 0 Å². The van der Waals surface area contributed by atoms with Gasteiger partial charge in [-0.05, 0) is 59.5 Å². The van der Waals surface area contributed by atoms with Crippen LogP contribution in [0.3, 0.4) is 0 Å². The number of hydrogen-bond donors (Lipinski definition) is 2. The second kappa shape index (κ2) is 8.24. The van der Waals surface area contributed by atoms with Crippen molar-refractivity contribution in [2.45, 2.75) is 24.5 Å². The number of nitrogens with zero attached hydrogens (tertiary/aromatic N) is 1.